The molecule has 106 valence electrons. The van der Waals surface area contributed by atoms with Crippen LogP contribution in [-0.4, -0.2) is 34.5 Å². The Bertz CT molecular complexity index is 547. The fourth-order valence-corrected chi connectivity index (χ4v) is 1.93. The minimum Gasteiger partial charge on any atom is -0.450 e. The molecule has 1 saturated heterocycles. The second-order valence-corrected chi connectivity index (χ2v) is 4.06. The van der Waals surface area contributed by atoms with Gasteiger partial charge in [0.2, 0.25) is 6.10 Å². The van der Waals surface area contributed by atoms with Gasteiger partial charge in [-0.3, -0.25) is 10.1 Å². The lowest BCUT2D eigenvalue weighted by atomic mass is 9.97. The average molecular weight is 282 g/mol. The van der Waals surface area contributed by atoms with E-state index in [1.165, 1.54) is 12.1 Å². The second-order valence-electron chi connectivity index (χ2n) is 4.06. The van der Waals surface area contributed by atoms with Crippen molar-refractivity contribution in [3.63, 3.8) is 0 Å². The molecule has 9 heteroatoms. The Morgan fingerprint density at radius 2 is 2.15 bits per heavy atom. The Morgan fingerprint density at radius 1 is 1.50 bits per heavy atom. The molecule has 1 amide bonds. The van der Waals surface area contributed by atoms with Gasteiger partial charge in [0.1, 0.15) is 0 Å². The van der Waals surface area contributed by atoms with Crippen molar-refractivity contribution in [1.29, 1.82) is 0 Å². The summed E-state index contributed by atoms with van der Waals surface area (Å²) in [6.45, 7) is -0.633. The van der Waals surface area contributed by atoms with Crippen LogP contribution >= 0.6 is 0 Å². The van der Waals surface area contributed by atoms with Crippen molar-refractivity contribution in [3.8, 4) is 0 Å². The van der Waals surface area contributed by atoms with Crippen molar-refractivity contribution in [2.45, 2.75) is 11.8 Å². The van der Waals surface area contributed by atoms with Crippen molar-refractivity contribution >= 4 is 12.2 Å². The molecule has 20 heavy (non-hydrogen) atoms. The fraction of sp³-hybridized carbons (Fsp3) is 0.273. The Kier molecular flexibility index (Phi) is 3.42. The molecule has 0 saturated carbocycles. The summed E-state index contributed by atoms with van der Waals surface area (Å²) in [5, 5.41) is 22.1. The molecule has 1 unspecified atom stereocenters. The number of benzene rings is 1. The van der Waals surface area contributed by atoms with Gasteiger partial charge in [-0.05, 0) is 0 Å². The highest BCUT2D eigenvalue weighted by molar-refractivity contribution is 5.70. The zero-order chi connectivity index (χ0) is 14.8. The number of nitrogens with zero attached hydrogens (tertiary/aromatic N) is 1. The zero-order valence-corrected chi connectivity index (χ0v) is 10.0. The van der Waals surface area contributed by atoms with Gasteiger partial charge in [-0.15, -0.1) is 0 Å². The topological polar surface area (TPSA) is 128 Å². The maximum Gasteiger partial charge on any atom is 0.506 e. The number of rotatable bonds is 4. The SMILES string of the molecule is O=C(O)OC(c1ccccc1)[C@@]1([N+](=O)[O-])COC(=O)N1. The van der Waals surface area contributed by atoms with Crippen molar-refractivity contribution in [2.75, 3.05) is 6.61 Å². The Labute approximate surface area is 112 Å². The molecule has 0 radical (unpaired) electrons. The van der Waals surface area contributed by atoms with E-state index in [4.69, 9.17) is 5.11 Å². The molecule has 1 aliphatic heterocycles. The summed E-state index contributed by atoms with van der Waals surface area (Å²) in [5.41, 5.74) is -1.95. The van der Waals surface area contributed by atoms with Gasteiger partial charge >= 0.3 is 17.9 Å². The van der Waals surface area contributed by atoms with E-state index in [9.17, 15) is 19.7 Å². The molecule has 0 aromatic heterocycles. The second kappa shape index (κ2) is 5.03. The van der Waals surface area contributed by atoms with Crippen LogP contribution in [0.2, 0.25) is 0 Å². The lowest BCUT2D eigenvalue weighted by Crippen LogP contribution is -2.56. The van der Waals surface area contributed by atoms with Crippen LogP contribution < -0.4 is 5.32 Å². The predicted octanol–water partition coefficient (Wildman–Crippen LogP) is 1.14. The summed E-state index contributed by atoms with van der Waals surface area (Å²) in [6.07, 6.45) is -4.22. The number of nitrogens with one attached hydrogen (secondary N) is 1. The third-order valence-corrected chi connectivity index (χ3v) is 2.82. The van der Waals surface area contributed by atoms with Gasteiger partial charge in [-0.2, -0.15) is 0 Å². The number of hydrogen-bond donors (Lipinski definition) is 2. The average Bonchev–Trinajstić information content (AvgIpc) is 2.80. The number of alkyl carbamates (subject to hydrolysis) is 1. The molecule has 0 aliphatic carbocycles. The third kappa shape index (κ3) is 2.32. The Balaban J connectivity index is 2.46. The molecular weight excluding hydrogens is 272 g/mol. The molecule has 1 aliphatic rings. The number of hydrogen-bond acceptors (Lipinski definition) is 6. The van der Waals surface area contributed by atoms with Crippen molar-refractivity contribution in [2.24, 2.45) is 0 Å². The number of carboxylic acid groups (broad SMARTS) is 1. The highest BCUT2D eigenvalue weighted by Crippen LogP contribution is 2.33. The van der Waals surface area contributed by atoms with Crippen LogP contribution in [-0.2, 0) is 9.47 Å². The molecule has 1 aromatic rings. The van der Waals surface area contributed by atoms with E-state index in [2.05, 4.69) is 9.47 Å². The van der Waals surface area contributed by atoms with Crippen molar-refractivity contribution < 1.29 is 29.1 Å². The highest BCUT2D eigenvalue weighted by atomic mass is 16.7. The molecule has 1 fully saturated rings. The summed E-state index contributed by atoms with van der Waals surface area (Å²) < 4.78 is 9.16. The number of amides is 1. The smallest absolute Gasteiger partial charge is 0.450 e. The first-order valence-electron chi connectivity index (χ1n) is 5.49. The minimum atomic E-state index is -2.18. The van der Waals surface area contributed by atoms with Gasteiger partial charge in [0.05, 0.1) is 4.92 Å². The number of ether oxygens (including phenoxy) is 2. The summed E-state index contributed by atoms with van der Waals surface area (Å²) in [6, 6.07) is 7.72. The highest BCUT2D eigenvalue weighted by Gasteiger charge is 2.60. The van der Waals surface area contributed by atoms with Gasteiger partial charge in [-0.1, -0.05) is 30.3 Å². The van der Waals surface area contributed by atoms with E-state index < -0.39 is 35.5 Å². The molecular formula is C11H10N2O7. The number of carbonyl (C=O) groups is 2. The van der Waals surface area contributed by atoms with E-state index in [1.54, 1.807) is 18.2 Å². The lowest BCUT2D eigenvalue weighted by molar-refractivity contribution is -0.587. The molecule has 2 atom stereocenters. The summed E-state index contributed by atoms with van der Waals surface area (Å²) in [7, 11) is 0. The van der Waals surface area contributed by atoms with Crippen LogP contribution in [0, 0.1) is 10.1 Å². The first kappa shape index (κ1) is 13.6. The number of carbonyl (C=O) groups excluding carboxylic acids is 1. The quantitative estimate of drug-likeness (QED) is 0.481. The summed E-state index contributed by atoms with van der Waals surface area (Å²) in [4.78, 5) is 32.4. The van der Waals surface area contributed by atoms with E-state index in [0.29, 0.717) is 0 Å². The van der Waals surface area contributed by atoms with Crippen LogP contribution in [0.4, 0.5) is 9.59 Å². The minimum absolute atomic E-state index is 0.234. The van der Waals surface area contributed by atoms with Gasteiger partial charge in [0.25, 0.3) is 0 Å². The van der Waals surface area contributed by atoms with E-state index in [0.717, 1.165) is 0 Å². The summed E-state index contributed by atoms with van der Waals surface area (Å²) in [5.74, 6) is 0. The Hall–Kier alpha value is -2.84. The van der Waals surface area contributed by atoms with Gasteiger partial charge in [0.15, 0.2) is 6.61 Å². The number of nitro groups is 1. The van der Waals surface area contributed by atoms with Gasteiger partial charge < -0.3 is 14.6 Å². The van der Waals surface area contributed by atoms with Crippen LogP contribution in [0.3, 0.4) is 0 Å². The van der Waals surface area contributed by atoms with E-state index in [1.807, 2.05) is 5.32 Å². The maximum absolute atomic E-state index is 11.3. The molecule has 2 N–H and O–H groups in total. The third-order valence-electron chi connectivity index (χ3n) is 2.82. The van der Waals surface area contributed by atoms with E-state index >= 15 is 0 Å². The summed E-state index contributed by atoms with van der Waals surface area (Å²) >= 11 is 0. The molecule has 0 bridgehead atoms. The Morgan fingerprint density at radius 3 is 2.60 bits per heavy atom. The first-order chi connectivity index (χ1) is 9.45. The van der Waals surface area contributed by atoms with Gasteiger partial charge in [0, 0.05) is 5.56 Å². The predicted molar refractivity (Wildman–Crippen MR) is 62.5 cm³/mol. The van der Waals surface area contributed by atoms with Crippen LogP contribution in [0.1, 0.15) is 11.7 Å². The van der Waals surface area contributed by atoms with Crippen molar-refractivity contribution in [3.05, 3.63) is 46.0 Å². The molecule has 9 nitrogen and oxygen atoms in total. The zero-order valence-electron chi connectivity index (χ0n) is 10.0. The lowest BCUT2D eigenvalue weighted by Gasteiger charge is -2.26. The monoisotopic (exact) mass is 282 g/mol. The molecule has 1 heterocycles. The molecule has 1 aromatic carbocycles. The molecule has 0 spiro atoms. The first-order valence-corrected chi connectivity index (χ1v) is 5.49. The van der Waals surface area contributed by atoms with Crippen LogP contribution in [0.15, 0.2) is 30.3 Å². The molecule has 2 rings (SSSR count). The number of cyclic esters (lactones) is 1. The van der Waals surface area contributed by atoms with Crippen molar-refractivity contribution in [1.82, 2.24) is 5.32 Å². The fourth-order valence-electron chi connectivity index (χ4n) is 1.93. The largest absolute Gasteiger partial charge is 0.506 e. The van der Waals surface area contributed by atoms with Gasteiger partial charge in [-0.25, -0.2) is 14.9 Å². The maximum atomic E-state index is 11.3. The van der Waals surface area contributed by atoms with Crippen LogP contribution in [0.25, 0.3) is 0 Å². The standard InChI is InChI=1S/C11H10N2O7/c14-9-12-11(6-19-9,13(17)18)8(20-10(15)16)7-4-2-1-3-5-7/h1-5,8H,6H2,(H,12,14)(H,15,16)/t8?,11-/m0/s1. The normalized spacial score (nSPS) is 22.5. The van der Waals surface area contributed by atoms with E-state index in [-0.39, 0.29) is 5.56 Å². The van der Waals surface area contributed by atoms with Crippen LogP contribution in [0.5, 0.6) is 0 Å².